The Morgan fingerprint density at radius 3 is 2.78 bits per heavy atom. The van der Waals surface area contributed by atoms with E-state index in [4.69, 9.17) is 5.11 Å². The first kappa shape index (κ1) is 12.5. The summed E-state index contributed by atoms with van der Waals surface area (Å²) in [4.78, 5) is 35.3. The number of rotatable bonds is 4. The molecular weight excluding hydrogens is 238 g/mol. The summed E-state index contributed by atoms with van der Waals surface area (Å²) in [6.07, 6.45) is 0.540. The van der Waals surface area contributed by atoms with Gasteiger partial charge in [0.1, 0.15) is 0 Å². The van der Waals surface area contributed by atoms with E-state index < -0.39 is 11.9 Å². The van der Waals surface area contributed by atoms with Gasteiger partial charge in [0.05, 0.1) is 11.8 Å². The Balaban J connectivity index is 1.88. The van der Waals surface area contributed by atoms with E-state index in [1.165, 1.54) is 4.90 Å². The molecule has 0 spiro atoms. The van der Waals surface area contributed by atoms with Crippen LogP contribution >= 0.6 is 0 Å². The van der Waals surface area contributed by atoms with Crippen molar-refractivity contribution < 1.29 is 19.5 Å². The smallest absolute Gasteiger partial charge is 0.308 e. The molecule has 18 heavy (non-hydrogen) atoms. The van der Waals surface area contributed by atoms with Crippen LogP contribution in [-0.2, 0) is 14.4 Å². The maximum atomic E-state index is 11.6. The highest BCUT2D eigenvalue weighted by Gasteiger charge is 2.35. The van der Waals surface area contributed by atoms with E-state index >= 15 is 0 Å². The number of hydrogen-bond acceptors (Lipinski definition) is 4. The number of nitrogens with zero attached hydrogens (tertiary/aromatic N) is 2. The van der Waals surface area contributed by atoms with Crippen molar-refractivity contribution in [2.24, 2.45) is 16.9 Å². The van der Waals surface area contributed by atoms with Gasteiger partial charge in [-0.25, -0.2) is 5.43 Å². The fourth-order valence-corrected chi connectivity index (χ4v) is 2.27. The molecule has 2 aliphatic rings. The summed E-state index contributed by atoms with van der Waals surface area (Å²) in [6, 6.07) is 0. The molecule has 2 N–H and O–H groups in total. The van der Waals surface area contributed by atoms with Crippen molar-refractivity contribution in [2.75, 3.05) is 13.1 Å². The van der Waals surface area contributed by atoms with Crippen LogP contribution < -0.4 is 5.43 Å². The molecule has 2 amide bonds. The highest BCUT2D eigenvalue weighted by molar-refractivity contribution is 6.06. The second kappa shape index (κ2) is 4.75. The fraction of sp³-hybridized carbons (Fsp3) is 0.636. The normalized spacial score (nSPS) is 27.4. The molecule has 1 fully saturated rings. The number of amides is 2. The molecule has 0 aromatic carbocycles. The SMILES string of the molecule is CC1=NNC(=O)C1CCN1CC(C(=O)O)CC1=O. The lowest BCUT2D eigenvalue weighted by Crippen LogP contribution is -2.31. The van der Waals surface area contributed by atoms with Crippen molar-refractivity contribution >= 4 is 23.5 Å². The molecule has 2 heterocycles. The summed E-state index contributed by atoms with van der Waals surface area (Å²) in [7, 11) is 0. The third kappa shape index (κ3) is 2.34. The lowest BCUT2D eigenvalue weighted by Gasteiger charge is -2.17. The van der Waals surface area contributed by atoms with Crippen LogP contribution in [0.5, 0.6) is 0 Å². The van der Waals surface area contributed by atoms with Crippen LogP contribution in [0, 0.1) is 11.8 Å². The summed E-state index contributed by atoms with van der Waals surface area (Å²) < 4.78 is 0. The number of carboxylic acids is 1. The Kier molecular flexibility index (Phi) is 3.31. The van der Waals surface area contributed by atoms with E-state index in [-0.39, 0.29) is 30.7 Å². The molecule has 98 valence electrons. The zero-order chi connectivity index (χ0) is 13.3. The summed E-state index contributed by atoms with van der Waals surface area (Å²) in [5.41, 5.74) is 3.09. The molecule has 0 bridgehead atoms. The predicted molar refractivity (Wildman–Crippen MR) is 61.7 cm³/mol. The zero-order valence-electron chi connectivity index (χ0n) is 10.0. The second-order valence-electron chi connectivity index (χ2n) is 4.65. The number of aliphatic carboxylic acids is 1. The van der Waals surface area contributed by atoms with Crippen LogP contribution in [0.15, 0.2) is 5.10 Å². The second-order valence-corrected chi connectivity index (χ2v) is 4.65. The van der Waals surface area contributed by atoms with Crippen molar-refractivity contribution in [3.63, 3.8) is 0 Å². The van der Waals surface area contributed by atoms with Crippen molar-refractivity contribution in [3.05, 3.63) is 0 Å². The van der Waals surface area contributed by atoms with Crippen molar-refractivity contribution in [2.45, 2.75) is 19.8 Å². The molecule has 7 heteroatoms. The zero-order valence-corrected chi connectivity index (χ0v) is 10.0. The fourth-order valence-electron chi connectivity index (χ4n) is 2.27. The molecule has 0 radical (unpaired) electrons. The van der Waals surface area contributed by atoms with Gasteiger partial charge in [0.25, 0.3) is 0 Å². The summed E-state index contributed by atoms with van der Waals surface area (Å²) in [5, 5.41) is 12.7. The average Bonchev–Trinajstić information content (AvgIpc) is 2.82. The number of hydrazone groups is 1. The van der Waals surface area contributed by atoms with Gasteiger partial charge in [0.2, 0.25) is 11.8 Å². The van der Waals surface area contributed by atoms with E-state index in [1.54, 1.807) is 6.92 Å². The van der Waals surface area contributed by atoms with Gasteiger partial charge in [-0.2, -0.15) is 5.10 Å². The molecule has 2 unspecified atom stereocenters. The summed E-state index contributed by atoms with van der Waals surface area (Å²) in [5.74, 6) is -2.18. The number of carbonyl (C=O) groups excluding carboxylic acids is 2. The Morgan fingerprint density at radius 2 is 2.28 bits per heavy atom. The molecular formula is C11H15N3O4. The summed E-state index contributed by atoms with van der Waals surface area (Å²) >= 11 is 0. The van der Waals surface area contributed by atoms with Crippen LogP contribution in [0.1, 0.15) is 19.8 Å². The van der Waals surface area contributed by atoms with Gasteiger partial charge in [-0.3, -0.25) is 14.4 Å². The molecule has 0 aliphatic carbocycles. The highest BCUT2D eigenvalue weighted by atomic mass is 16.4. The van der Waals surface area contributed by atoms with Crippen LogP contribution in [0.25, 0.3) is 0 Å². The number of nitrogens with one attached hydrogen (secondary N) is 1. The van der Waals surface area contributed by atoms with Crippen molar-refractivity contribution in [1.29, 1.82) is 0 Å². The summed E-state index contributed by atoms with van der Waals surface area (Å²) in [6.45, 7) is 2.39. The van der Waals surface area contributed by atoms with Crippen LogP contribution in [0.3, 0.4) is 0 Å². The first-order valence-electron chi connectivity index (χ1n) is 5.83. The molecule has 2 rings (SSSR count). The third-order valence-corrected chi connectivity index (χ3v) is 3.41. The van der Waals surface area contributed by atoms with Gasteiger partial charge in [-0.15, -0.1) is 0 Å². The van der Waals surface area contributed by atoms with Crippen LogP contribution in [0.2, 0.25) is 0 Å². The first-order chi connectivity index (χ1) is 8.49. The Hall–Kier alpha value is -1.92. The predicted octanol–water partition coefficient (Wildman–Crippen LogP) is -0.568. The van der Waals surface area contributed by atoms with E-state index in [9.17, 15) is 14.4 Å². The first-order valence-corrected chi connectivity index (χ1v) is 5.83. The molecule has 0 aromatic rings. The van der Waals surface area contributed by atoms with Gasteiger partial charge >= 0.3 is 5.97 Å². The van der Waals surface area contributed by atoms with E-state index in [0.29, 0.717) is 18.7 Å². The minimum atomic E-state index is -0.942. The molecule has 2 aliphatic heterocycles. The Bertz CT molecular complexity index is 432. The van der Waals surface area contributed by atoms with Crippen molar-refractivity contribution in [1.82, 2.24) is 10.3 Å². The molecule has 0 saturated carbocycles. The number of hydrogen-bond donors (Lipinski definition) is 2. The quantitative estimate of drug-likeness (QED) is 0.701. The Morgan fingerprint density at radius 1 is 1.56 bits per heavy atom. The lowest BCUT2D eigenvalue weighted by molar-refractivity contribution is -0.141. The minimum Gasteiger partial charge on any atom is -0.481 e. The molecule has 0 aromatic heterocycles. The largest absolute Gasteiger partial charge is 0.481 e. The lowest BCUT2D eigenvalue weighted by atomic mass is 10.0. The molecule has 7 nitrogen and oxygen atoms in total. The highest BCUT2D eigenvalue weighted by Crippen LogP contribution is 2.20. The van der Waals surface area contributed by atoms with Gasteiger partial charge in [-0.1, -0.05) is 0 Å². The van der Waals surface area contributed by atoms with E-state index in [1.807, 2.05) is 0 Å². The monoisotopic (exact) mass is 253 g/mol. The minimum absolute atomic E-state index is 0.0548. The van der Waals surface area contributed by atoms with E-state index in [0.717, 1.165) is 0 Å². The van der Waals surface area contributed by atoms with Gasteiger partial charge < -0.3 is 10.0 Å². The molecule has 1 saturated heterocycles. The third-order valence-electron chi connectivity index (χ3n) is 3.41. The number of likely N-dealkylation sites (tertiary alicyclic amines) is 1. The van der Waals surface area contributed by atoms with Gasteiger partial charge in [0.15, 0.2) is 0 Å². The van der Waals surface area contributed by atoms with Gasteiger partial charge in [0, 0.05) is 25.2 Å². The molecule has 2 atom stereocenters. The maximum Gasteiger partial charge on any atom is 0.308 e. The number of carboxylic acid groups (broad SMARTS) is 1. The topological polar surface area (TPSA) is 99.1 Å². The van der Waals surface area contributed by atoms with Crippen LogP contribution in [0.4, 0.5) is 0 Å². The van der Waals surface area contributed by atoms with E-state index in [2.05, 4.69) is 10.5 Å². The van der Waals surface area contributed by atoms with Crippen LogP contribution in [-0.4, -0.2) is 46.6 Å². The van der Waals surface area contributed by atoms with Crippen molar-refractivity contribution in [3.8, 4) is 0 Å². The average molecular weight is 253 g/mol. The Labute approximate surface area is 104 Å². The maximum absolute atomic E-state index is 11.6. The standard InChI is InChI=1S/C11H15N3O4/c1-6-8(10(16)13-12-6)2-3-14-5-7(11(17)18)4-9(14)15/h7-8H,2-5H2,1H3,(H,13,16)(H,17,18). The van der Waals surface area contributed by atoms with Gasteiger partial charge in [-0.05, 0) is 13.3 Å². The number of carbonyl (C=O) groups is 3.